The van der Waals surface area contributed by atoms with Crippen molar-refractivity contribution < 1.29 is 5.11 Å². The zero-order valence-electron chi connectivity index (χ0n) is 10.4. The van der Waals surface area contributed by atoms with Crippen LogP contribution in [0, 0.1) is 0 Å². The van der Waals surface area contributed by atoms with Gasteiger partial charge in [-0.3, -0.25) is 0 Å². The number of hydrogen-bond donors (Lipinski definition) is 2. The van der Waals surface area contributed by atoms with Crippen molar-refractivity contribution in [3.05, 3.63) is 5.28 Å². The van der Waals surface area contributed by atoms with E-state index in [2.05, 4.69) is 20.3 Å². The molecule has 0 aliphatic carbocycles. The summed E-state index contributed by atoms with van der Waals surface area (Å²) in [7, 11) is 0. The van der Waals surface area contributed by atoms with E-state index in [4.69, 9.17) is 11.6 Å². The summed E-state index contributed by atoms with van der Waals surface area (Å²) in [5.74, 6) is 1.03. The highest BCUT2D eigenvalue weighted by Gasteiger charge is 2.24. The minimum Gasteiger partial charge on any atom is -0.394 e. The van der Waals surface area contributed by atoms with E-state index in [1.165, 1.54) is 0 Å². The molecule has 1 unspecified atom stereocenters. The van der Waals surface area contributed by atoms with Crippen LogP contribution in [0.15, 0.2) is 0 Å². The third-order valence-corrected chi connectivity index (χ3v) is 3.20. The molecule has 1 aromatic heterocycles. The Labute approximate surface area is 111 Å². The number of rotatable bonds is 4. The molecule has 6 nitrogen and oxygen atoms in total. The third-order valence-electron chi connectivity index (χ3n) is 3.03. The van der Waals surface area contributed by atoms with Crippen molar-refractivity contribution in [1.82, 2.24) is 15.0 Å². The smallest absolute Gasteiger partial charge is 0.231 e. The standard InChI is InChI=1S/C11H18ClN5O/c1-2-13-10-14-9(12)15-11(16-10)17-6-4-3-5-8(17)7-18/h8,18H,2-7H2,1H3,(H,13,14,15,16). The number of halogens is 1. The summed E-state index contributed by atoms with van der Waals surface area (Å²) in [5, 5.41) is 12.6. The Morgan fingerprint density at radius 3 is 2.94 bits per heavy atom. The van der Waals surface area contributed by atoms with Crippen LogP contribution >= 0.6 is 11.6 Å². The van der Waals surface area contributed by atoms with Crippen LogP contribution in [-0.2, 0) is 0 Å². The first kappa shape index (κ1) is 13.3. The Morgan fingerprint density at radius 2 is 2.22 bits per heavy atom. The maximum absolute atomic E-state index is 9.40. The number of nitrogens with zero attached hydrogens (tertiary/aromatic N) is 4. The van der Waals surface area contributed by atoms with Crippen LogP contribution in [0.5, 0.6) is 0 Å². The number of hydrogen-bond acceptors (Lipinski definition) is 6. The Hall–Kier alpha value is -1.14. The molecule has 1 aliphatic heterocycles. The number of aromatic nitrogens is 3. The van der Waals surface area contributed by atoms with E-state index in [1.807, 2.05) is 11.8 Å². The molecule has 0 amide bonds. The molecule has 2 rings (SSSR count). The Kier molecular flexibility index (Phi) is 4.54. The lowest BCUT2D eigenvalue weighted by Gasteiger charge is -2.34. The molecule has 2 N–H and O–H groups in total. The molecule has 0 saturated carbocycles. The van der Waals surface area contributed by atoms with Crippen LogP contribution in [0.1, 0.15) is 26.2 Å². The molecule has 1 atom stereocenters. The Bertz CT molecular complexity index is 403. The topological polar surface area (TPSA) is 74.2 Å². The zero-order chi connectivity index (χ0) is 13.0. The normalized spacial score (nSPS) is 19.9. The predicted octanol–water partition coefficient (Wildman–Crippen LogP) is 1.31. The fourth-order valence-corrected chi connectivity index (χ4v) is 2.31. The maximum Gasteiger partial charge on any atom is 0.231 e. The van der Waals surface area contributed by atoms with Gasteiger partial charge in [-0.2, -0.15) is 15.0 Å². The second-order valence-corrected chi connectivity index (χ2v) is 4.62. The van der Waals surface area contributed by atoms with Gasteiger partial charge in [0, 0.05) is 13.1 Å². The van der Waals surface area contributed by atoms with Gasteiger partial charge in [0.15, 0.2) is 0 Å². The Balaban J connectivity index is 2.24. The molecule has 7 heteroatoms. The van der Waals surface area contributed by atoms with Gasteiger partial charge < -0.3 is 15.3 Å². The van der Waals surface area contributed by atoms with E-state index in [-0.39, 0.29) is 17.9 Å². The number of aliphatic hydroxyl groups is 1. The van der Waals surface area contributed by atoms with E-state index in [1.54, 1.807) is 0 Å². The molecule has 1 saturated heterocycles. The van der Waals surface area contributed by atoms with E-state index < -0.39 is 0 Å². The van der Waals surface area contributed by atoms with Gasteiger partial charge in [0.05, 0.1) is 12.6 Å². The first-order valence-electron chi connectivity index (χ1n) is 6.27. The summed E-state index contributed by atoms with van der Waals surface area (Å²) in [5.41, 5.74) is 0. The molecule has 0 spiro atoms. The minimum atomic E-state index is 0.0756. The molecule has 0 radical (unpaired) electrons. The van der Waals surface area contributed by atoms with Crippen molar-refractivity contribution in [1.29, 1.82) is 0 Å². The van der Waals surface area contributed by atoms with Gasteiger partial charge in [0.2, 0.25) is 17.2 Å². The summed E-state index contributed by atoms with van der Waals surface area (Å²) in [6.07, 6.45) is 3.16. The molecular weight excluding hydrogens is 254 g/mol. The van der Waals surface area contributed by atoms with Gasteiger partial charge in [-0.1, -0.05) is 0 Å². The lowest BCUT2D eigenvalue weighted by molar-refractivity contribution is 0.238. The van der Waals surface area contributed by atoms with Crippen LogP contribution in [0.25, 0.3) is 0 Å². The zero-order valence-corrected chi connectivity index (χ0v) is 11.2. The monoisotopic (exact) mass is 271 g/mol. The van der Waals surface area contributed by atoms with Gasteiger partial charge in [-0.05, 0) is 37.8 Å². The van der Waals surface area contributed by atoms with Crippen molar-refractivity contribution in [2.45, 2.75) is 32.2 Å². The SMILES string of the molecule is CCNc1nc(Cl)nc(N2CCCCC2CO)n1. The van der Waals surface area contributed by atoms with Gasteiger partial charge >= 0.3 is 0 Å². The lowest BCUT2D eigenvalue weighted by Crippen LogP contribution is -2.43. The van der Waals surface area contributed by atoms with Crippen molar-refractivity contribution in [3.63, 3.8) is 0 Å². The van der Waals surface area contributed by atoms with Crippen molar-refractivity contribution >= 4 is 23.5 Å². The second kappa shape index (κ2) is 6.15. The maximum atomic E-state index is 9.40. The molecule has 2 heterocycles. The average molecular weight is 272 g/mol. The number of aliphatic hydroxyl groups excluding tert-OH is 1. The largest absolute Gasteiger partial charge is 0.394 e. The molecule has 1 aliphatic rings. The lowest BCUT2D eigenvalue weighted by atomic mass is 10.0. The van der Waals surface area contributed by atoms with Gasteiger partial charge in [0.25, 0.3) is 0 Å². The molecule has 1 fully saturated rings. The number of nitrogens with one attached hydrogen (secondary N) is 1. The van der Waals surface area contributed by atoms with E-state index in [0.29, 0.717) is 11.9 Å². The second-order valence-electron chi connectivity index (χ2n) is 4.28. The summed E-state index contributed by atoms with van der Waals surface area (Å²) in [4.78, 5) is 14.5. The van der Waals surface area contributed by atoms with Gasteiger partial charge in [0.1, 0.15) is 0 Å². The molecule has 18 heavy (non-hydrogen) atoms. The van der Waals surface area contributed by atoms with Crippen LogP contribution in [0.4, 0.5) is 11.9 Å². The van der Waals surface area contributed by atoms with Crippen molar-refractivity contribution in [2.75, 3.05) is 29.9 Å². The fraction of sp³-hybridized carbons (Fsp3) is 0.727. The summed E-state index contributed by atoms with van der Waals surface area (Å²) < 4.78 is 0. The number of anilines is 2. The molecule has 1 aromatic rings. The highest BCUT2D eigenvalue weighted by molar-refractivity contribution is 6.28. The minimum absolute atomic E-state index is 0.0756. The van der Waals surface area contributed by atoms with E-state index >= 15 is 0 Å². The fourth-order valence-electron chi connectivity index (χ4n) is 2.16. The molecule has 0 aromatic carbocycles. The van der Waals surface area contributed by atoms with Crippen LogP contribution in [0.2, 0.25) is 5.28 Å². The van der Waals surface area contributed by atoms with Crippen molar-refractivity contribution in [2.24, 2.45) is 0 Å². The highest BCUT2D eigenvalue weighted by atomic mass is 35.5. The Morgan fingerprint density at radius 1 is 1.39 bits per heavy atom. The third kappa shape index (κ3) is 3.00. The first-order chi connectivity index (χ1) is 8.74. The van der Waals surface area contributed by atoms with Crippen LogP contribution in [-0.4, -0.2) is 45.8 Å². The highest BCUT2D eigenvalue weighted by Crippen LogP contribution is 2.23. The van der Waals surface area contributed by atoms with E-state index in [0.717, 1.165) is 32.4 Å². The quantitative estimate of drug-likeness (QED) is 0.860. The average Bonchev–Trinajstić information content (AvgIpc) is 2.38. The van der Waals surface area contributed by atoms with Gasteiger partial charge in [-0.15, -0.1) is 0 Å². The molecule has 0 bridgehead atoms. The summed E-state index contributed by atoms with van der Waals surface area (Å²) in [6, 6.07) is 0.0756. The summed E-state index contributed by atoms with van der Waals surface area (Å²) in [6.45, 7) is 3.65. The van der Waals surface area contributed by atoms with E-state index in [9.17, 15) is 5.11 Å². The predicted molar refractivity (Wildman–Crippen MR) is 71.1 cm³/mol. The molecular formula is C11H18ClN5O. The number of piperidine rings is 1. The molecule has 100 valence electrons. The van der Waals surface area contributed by atoms with Crippen LogP contribution in [0.3, 0.4) is 0 Å². The summed E-state index contributed by atoms with van der Waals surface area (Å²) >= 11 is 5.90. The first-order valence-corrected chi connectivity index (χ1v) is 6.65. The van der Waals surface area contributed by atoms with Crippen molar-refractivity contribution in [3.8, 4) is 0 Å². The van der Waals surface area contributed by atoms with Crippen LogP contribution < -0.4 is 10.2 Å². The van der Waals surface area contributed by atoms with Gasteiger partial charge in [-0.25, -0.2) is 0 Å².